The van der Waals surface area contributed by atoms with E-state index in [1.807, 2.05) is 13.8 Å². The zero-order valence-electron chi connectivity index (χ0n) is 11.4. The SMILES string of the molecule is CCNCCNC(=O)C(C)Sc1cc(Cl)ccc1Cl.Cl. The second-order valence-corrected chi connectivity index (χ2v) is 6.21. The Labute approximate surface area is 140 Å². The van der Waals surface area contributed by atoms with Crippen LogP contribution in [0.25, 0.3) is 0 Å². The molecule has 1 aromatic carbocycles. The van der Waals surface area contributed by atoms with Crippen molar-refractivity contribution in [3.63, 3.8) is 0 Å². The van der Waals surface area contributed by atoms with E-state index in [2.05, 4.69) is 10.6 Å². The number of rotatable bonds is 7. The summed E-state index contributed by atoms with van der Waals surface area (Å²) < 4.78 is 0. The molecule has 1 atom stereocenters. The predicted molar refractivity (Wildman–Crippen MR) is 90.6 cm³/mol. The van der Waals surface area contributed by atoms with Crippen LogP contribution in [0, 0.1) is 0 Å². The van der Waals surface area contributed by atoms with Crippen molar-refractivity contribution in [2.24, 2.45) is 0 Å². The highest BCUT2D eigenvalue weighted by Crippen LogP contribution is 2.32. The average Bonchev–Trinajstić information content (AvgIpc) is 2.38. The van der Waals surface area contributed by atoms with E-state index in [-0.39, 0.29) is 23.6 Å². The minimum absolute atomic E-state index is 0. The van der Waals surface area contributed by atoms with Crippen molar-refractivity contribution >= 4 is 53.3 Å². The van der Waals surface area contributed by atoms with Crippen molar-refractivity contribution in [3.8, 4) is 0 Å². The van der Waals surface area contributed by atoms with Crippen LogP contribution >= 0.6 is 47.4 Å². The third-order valence-electron chi connectivity index (χ3n) is 2.42. The molecule has 0 aliphatic heterocycles. The highest BCUT2D eigenvalue weighted by atomic mass is 35.5. The maximum absolute atomic E-state index is 11.9. The number of amides is 1. The van der Waals surface area contributed by atoms with Gasteiger partial charge in [-0.3, -0.25) is 4.79 Å². The first kappa shape index (κ1) is 19.9. The summed E-state index contributed by atoms with van der Waals surface area (Å²) in [6.07, 6.45) is 0. The molecule has 0 saturated carbocycles. The lowest BCUT2D eigenvalue weighted by Gasteiger charge is -2.13. The molecule has 3 nitrogen and oxygen atoms in total. The van der Waals surface area contributed by atoms with E-state index in [0.717, 1.165) is 18.0 Å². The molecule has 0 aromatic heterocycles. The maximum atomic E-state index is 11.9. The van der Waals surface area contributed by atoms with Gasteiger partial charge >= 0.3 is 0 Å². The van der Waals surface area contributed by atoms with Crippen molar-refractivity contribution < 1.29 is 4.79 Å². The van der Waals surface area contributed by atoms with E-state index in [4.69, 9.17) is 23.2 Å². The molecule has 0 saturated heterocycles. The Bertz CT molecular complexity index is 432. The van der Waals surface area contributed by atoms with E-state index in [0.29, 0.717) is 16.6 Å². The molecule has 1 rings (SSSR count). The monoisotopic (exact) mass is 356 g/mol. The van der Waals surface area contributed by atoms with Gasteiger partial charge in [0, 0.05) is 23.0 Å². The lowest BCUT2D eigenvalue weighted by Crippen LogP contribution is -2.36. The van der Waals surface area contributed by atoms with Gasteiger partial charge in [-0.15, -0.1) is 24.2 Å². The van der Waals surface area contributed by atoms with Gasteiger partial charge in [0.15, 0.2) is 0 Å². The Kier molecular flexibility index (Phi) is 10.5. The molecule has 20 heavy (non-hydrogen) atoms. The van der Waals surface area contributed by atoms with Crippen molar-refractivity contribution in [1.29, 1.82) is 0 Å². The summed E-state index contributed by atoms with van der Waals surface area (Å²) in [7, 11) is 0. The van der Waals surface area contributed by atoms with E-state index < -0.39 is 0 Å². The lowest BCUT2D eigenvalue weighted by atomic mass is 10.4. The molecule has 0 heterocycles. The quantitative estimate of drug-likeness (QED) is 0.578. The summed E-state index contributed by atoms with van der Waals surface area (Å²) in [5.74, 6) is -0.000977. The molecule has 1 aromatic rings. The van der Waals surface area contributed by atoms with Gasteiger partial charge in [0.05, 0.1) is 10.3 Å². The minimum Gasteiger partial charge on any atom is -0.354 e. The fourth-order valence-corrected chi connectivity index (χ4v) is 2.84. The molecule has 1 unspecified atom stereocenters. The average molecular weight is 358 g/mol. The standard InChI is InChI=1S/C13H18Cl2N2OS.ClH/c1-3-16-6-7-17-13(18)9(2)19-12-8-10(14)4-5-11(12)15;/h4-5,8-9,16H,3,6-7H2,1-2H3,(H,17,18);1H. The van der Waals surface area contributed by atoms with Crippen LogP contribution in [0.5, 0.6) is 0 Å². The molecule has 0 fully saturated rings. The summed E-state index contributed by atoms with van der Waals surface area (Å²) in [5, 5.41) is 7.04. The van der Waals surface area contributed by atoms with Gasteiger partial charge in [-0.25, -0.2) is 0 Å². The van der Waals surface area contributed by atoms with Crippen LogP contribution < -0.4 is 10.6 Å². The first-order chi connectivity index (χ1) is 9.04. The fourth-order valence-electron chi connectivity index (χ4n) is 1.41. The molecule has 0 bridgehead atoms. The van der Waals surface area contributed by atoms with Crippen molar-refractivity contribution in [3.05, 3.63) is 28.2 Å². The Morgan fingerprint density at radius 1 is 1.35 bits per heavy atom. The van der Waals surface area contributed by atoms with Gasteiger partial charge in [-0.05, 0) is 31.7 Å². The molecule has 0 spiro atoms. The number of hydrogen-bond acceptors (Lipinski definition) is 3. The second kappa shape index (κ2) is 10.6. The van der Waals surface area contributed by atoms with Crippen LogP contribution in [0.3, 0.4) is 0 Å². The lowest BCUT2D eigenvalue weighted by molar-refractivity contribution is -0.120. The second-order valence-electron chi connectivity index (χ2n) is 3.98. The number of carbonyl (C=O) groups excluding carboxylic acids is 1. The summed E-state index contributed by atoms with van der Waals surface area (Å²) in [6, 6.07) is 5.24. The van der Waals surface area contributed by atoms with Crippen molar-refractivity contribution in [2.45, 2.75) is 24.0 Å². The van der Waals surface area contributed by atoms with E-state index >= 15 is 0 Å². The number of halogens is 3. The van der Waals surface area contributed by atoms with Gasteiger partial charge in [0.2, 0.25) is 5.91 Å². The molecule has 0 aliphatic carbocycles. The van der Waals surface area contributed by atoms with Crippen LogP contribution in [0.1, 0.15) is 13.8 Å². The molecule has 2 N–H and O–H groups in total. The van der Waals surface area contributed by atoms with Crippen LogP contribution in [0.4, 0.5) is 0 Å². The number of hydrogen-bond donors (Lipinski definition) is 2. The molecule has 0 radical (unpaired) electrons. The van der Waals surface area contributed by atoms with Crippen LogP contribution in [-0.2, 0) is 4.79 Å². The third-order valence-corrected chi connectivity index (χ3v) is 4.25. The van der Waals surface area contributed by atoms with Gasteiger partial charge in [-0.2, -0.15) is 0 Å². The number of likely N-dealkylation sites (N-methyl/N-ethyl adjacent to an activating group) is 1. The van der Waals surface area contributed by atoms with Gasteiger partial charge in [0.1, 0.15) is 0 Å². The predicted octanol–water partition coefficient (Wildman–Crippen LogP) is 3.62. The Hall–Kier alpha value is -0.130. The third kappa shape index (κ3) is 7.04. The summed E-state index contributed by atoms with van der Waals surface area (Å²) in [6.45, 7) is 6.18. The fraction of sp³-hybridized carbons (Fsp3) is 0.462. The first-order valence-corrected chi connectivity index (χ1v) is 7.78. The van der Waals surface area contributed by atoms with E-state index in [1.54, 1.807) is 18.2 Å². The summed E-state index contributed by atoms with van der Waals surface area (Å²) in [4.78, 5) is 12.7. The van der Waals surface area contributed by atoms with E-state index in [1.165, 1.54) is 11.8 Å². The highest BCUT2D eigenvalue weighted by Gasteiger charge is 2.15. The van der Waals surface area contributed by atoms with Crippen molar-refractivity contribution in [1.82, 2.24) is 10.6 Å². The zero-order chi connectivity index (χ0) is 14.3. The first-order valence-electron chi connectivity index (χ1n) is 6.14. The van der Waals surface area contributed by atoms with Crippen LogP contribution in [0.2, 0.25) is 10.0 Å². The van der Waals surface area contributed by atoms with Crippen LogP contribution in [-0.4, -0.2) is 30.8 Å². The Morgan fingerprint density at radius 2 is 2.05 bits per heavy atom. The zero-order valence-corrected chi connectivity index (χ0v) is 14.6. The number of carbonyl (C=O) groups is 1. The molecule has 7 heteroatoms. The van der Waals surface area contributed by atoms with E-state index in [9.17, 15) is 4.79 Å². The normalized spacial score (nSPS) is 11.6. The Morgan fingerprint density at radius 3 is 2.70 bits per heavy atom. The summed E-state index contributed by atoms with van der Waals surface area (Å²) >= 11 is 13.4. The minimum atomic E-state index is -0.211. The molecule has 0 aliphatic rings. The van der Waals surface area contributed by atoms with Gasteiger partial charge in [0.25, 0.3) is 0 Å². The number of nitrogens with one attached hydrogen (secondary N) is 2. The summed E-state index contributed by atoms with van der Waals surface area (Å²) in [5.41, 5.74) is 0. The van der Waals surface area contributed by atoms with Gasteiger partial charge < -0.3 is 10.6 Å². The Balaban J connectivity index is 0.00000361. The maximum Gasteiger partial charge on any atom is 0.233 e. The highest BCUT2D eigenvalue weighted by molar-refractivity contribution is 8.00. The van der Waals surface area contributed by atoms with Gasteiger partial charge in [-0.1, -0.05) is 30.1 Å². The number of benzene rings is 1. The molecular formula is C13H19Cl3N2OS. The molecule has 1 amide bonds. The molecule has 114 valence electrons. The molecular weight excluding hydrogens is 339 g/mol. The largest absolute Gasteiger partial charge is 0.354 e. The smallest absolute Gasteiger partial charge is 0.233 e. The van der Waals surface area contributed by atoms with Crippen molar-refractivity contribution in [2.75, 3.05) is 19.6 Å². The van der Waals surface area contributed by atoms with Crippen LogP contribution in [0.15, 0.2) is 23.1 Å². The topological polar surface area (TPSA) is 41.1 Å². The number of thioether (sulfide) groups is 1.